The van der Waals surface area contributed by atoms with Gasteiger partial charge < -0.3 is 14.5 Å². The van der Waals surface area contributed by atoms with Crippen LogP contribution in [0.15, 0.2) is 48.5 Å². The van der Waals surface area contributed by atoms with E-state index in [-0.39, 0.29) is 17.2 Å². The van der Waals surface area contributed by atoms with Gasteiger partial charge in [0, 0.05) is 32.7 Å². The summed E-state index contributed by atoms with van der Waals surface area (Å²) >= 11 is 0. The number of rotatable bonds is 7. The molecule has 0 radical (unpaired) electrons. The number of hydrogen-bond donors (Lipinski definition) is 0. The molecule has 1 amide bonds. The minimum Gasteiger partial charge on any atom is -0.449 e. The molecule has 2 aromatic carbocycles. The van der Waals surface area contributed by atoms with E-state index in [2.05, 4.69) is 0 Å². The second-order valence-electron chi connectivity index (χ2n) is 7.38. The number of likely N-dealkylation sites (N-methyl/N-ethyl adjacent to an activating group) is 1. The molecule has 1 atom stereocenters. The van der Waals surface area contributed by atoms with E-state index < -0.39 is 17.0 Å². The summed E-state index contributed by atoms with van der Waals surface area (Å²) in [6, 6.07) is 13.8. The van der Waals surface area contributed by atoms with Crippen molar-refractivity contribution in [3.63, 3.8) is 0 Å². The summed E-state index contributed by atoms with van der Waals surface area (Å²) in [5.74, 6) is -1.12. The second kappa shape index (κ2) is 9.39. The summed E-state index contributed by atoms with van der Waals surface area (Å²) in [7, 11) is 1.63. The van der Waals surface area contributed by atoms with Gasteiger partial charge in [0.25, 0.3) is 11.6 Å². The molecule has 158 valence electrons. The first-order chi connectivity index (χ1) is 14.4. The molecular weight excluding hydrogens is 386 g/mol. The fourth-order valence-corrected chi connectivity index (χ4v) is 3.55. The van der Waals surface area contributed by atoms with Gasteiger partial charge in [-0.25, -0.2) is 4.79 Å². The Morgan fingerprint density at radius 2 is 1.83 bits per heavy atom. The predicted molar refractivity (Wildman–Crippen MR) is 112 cm³/mol. The highest BCUT2D eigenvalue weighted by atomic mass is 16.6. The molecule has 8 heteroatoms. The Labute approximate surface area is 175 Å². The van der Waals surface area contributed by atoms with Crippen LogP contribution in [0.25, 0.3) is 0 Å². The third-order valence-electron chi connectivity index (χ3n) is 5.12. The summed E-state index contributed by atoms with van der Waals surface area (Å²) < 4.78 is 5.29. The van der Waals surface area contributed by atoms with E-state index in [1.807, 2.05) is 35.2 Å². The minimum atomic E-state index is -1.01. The van der Waals surface area contributed by atoms with Gasteiger partial charge in [0.2, 0.25) is 0 Å². The van der Waals surface area contributed by atoms with Crippen LogP contribution in [0.3, 0.4) is 0 Å². The van der Waals surface area contributed by atoms with E-state index >= 15 is 0 Å². The SMILES string of the molecule is CC(OC(=O)c1ccc(N2CCCC2)c([N+](=O)[O-])c1)C(=O)N(C)Cc1ccccc1. The maximum absolute atomic E-state index is 12.6. The monoisotopic (exact) mass is 411 g/mol. The first-order valence-electron chi connectivity index (χ1n) is 9.90. The molecule has 2 aromatic rings. The Kier molecular flexibility index (Phi) is 6.66. The second-order valence-corrected chi connectivity index (χ2v) is 7.38. The number of esters is 1. The third-order valence-corrected chi connectivity index (χ3v) is 5.12. The number of nitro groups is 1. The molecule has 1 aliphatic heterocycles. The van der Waals surface area contributed by atoms with Crippen LogP contribution in [0.4, 0.5) is 11.4 Å². The largest absolute Gasteiger partial charge is 0.449 e. The molecule has 1 fully saturated rings. The summed E-state index contributed by atoms with van der Waals surface area (Å²) in [6.45, 7) is 3.39. The highest BCUT2D eigenvalue weighted by Gasteiger charge is 2.26. The van der Waals surface area contributed by atoms with E-state index in [1.54, 1.807) is 13.1 Å². The van der Waals surface area contributed by atoms with Crippen molar-refractivity contribution in [3.8, 4) is 0 Å². The summed E-state index contributed by atoms with van der Waals surface area (Å²) in [4.78, 5) is 39.5. The Bertz CT molecular complexity index is 926. The van der Waals surface area contributed by atoms with Crippen LogP contribution in [0.2, 0.25) is 0 Å². The molecule has 0 aromatic heterocycles. The van der Waals surface area contributed by atoms with Gasteiger partial charge in [-0.2, -0.15) is 0 Å². The predicted octanol–water partition coefficient (Wildman–Crippen LogP) is 3.40. The van der Waals surface area contributed by atoms with E-state index in [9.17, 15) is 19.7 Å². The van der Waals surface area contributed by atoms with Crippen molar-refractivity contribution in [2.75, 3.05) is 25.0 Å². The Morgan fingerprint density at radius 1 is 1.17 bits per heavy atom. The van der Waals surface area contributed by atoms with Gasteiger partial charge in [-0.3, -0.25) is 14.9 Å². The lowest BCUT2D eigenvalue weighted by molar-refractivity contribution is -0.384. The lowest BCUT2D eigenvalue weighted by Gasteiger charge is -2.22. The van der Waals surface area contributed by atoms with Crippen molar-refractivity contribution in [2.45, 2.75) is 32.4 Å². The maximum Gasteiger partial charge on any atom is 0.339 e. The van der Waals surface area contributed by atoms with E-state index in [0.717, 1.165) is 31.5 Å². The van der Waals surface area contributed by atoms with Crippen LogP contribution < -0.4 is 4.90 Å². The number of nitro benzene ring substituents is 1. The number of anilines is 1. The van der Waals surface area contributed by atoms with Crippen LogP contribution in [0, 0.1) is 10.1 Å². The van der Waals surface area contributed by atoms with E-state index in [1.165, 1.54) is 24.0 Å². The Balaban J connectivity index is 1.67. The molecule has 0 N–H and O–H groups in total. The van der Waals surface area contributed by atoms with Gasteiger partial charge >= 0.3 is 5.97 Å². The number of ether oxygens (including phenoxy) is 1. The molecule has 30 heavy (non-hydrogen) atoms. The average Bonchev–Trinajstić information content (AvgIpc) is 3.28. The molecule has 1 heterocycles. The molecule has 0 saturated carbocycles. The zero-order valence-electron chi connectivity index (χ0n) is 17.1. The molecule has 0 spiro atoms. The first-order valence-corrected chi connectivity index (χ1v) is 9.90. The summed E-state index contributed by atoms with van der Waals surface area (Å²) in [5.41, 5.74) is 1.38. The number of hydrogen-bond acceptors (Lipinski definition) is 6. The first kappa shape index (κ1) is 21.3. The highest BCUT2D eigenvalue weighted by Crippen LogP contribution is 2.32. The van der Waals surface area contributed by atoms with Gasteiger partial charge in [-0.15, -0.1) is 0 Å². The van der Waals surface area contributed by atoms with Gasteiger partial charge in [0.15, 0.2) is 6.10 Å². The zero-order valence-corrected chi connectivity index (χ0v) is 17.1. The highest BCUT2D eigenvalue weighted by molar-refractivity contribution is 5.93. The van der Waals surface area contributed by atoms with Crippen molar-refractivity contribution < 1.29 is 19.2 Å². The van der Waals surface area contributed by atoms with Crippen molar-refractivity contribution in [1.29, 1.82) is 0 Å². The fourth-order valence-electron chi connectivity index (χ4n) is 3.55. The number of amides is 1. The van der Waals surface area contributed by atoms with Crippen LogP contribution >= 0.6 is 0 Å². The summed E-state index contributed by atoms with van der Waals surface area (Å²) in [6.07, 6.45) is 0.956. The quantitative estimate of drug-likeness (QED) is 0.394. The number of carbonyl (C=O) groups is 2. The van der Waals surface area contributed by atoms with Crippen molar-refractivity contribution >= 4 is 23.3 Å². The molecule has 1 unspecified atom stereocenters. The molecule has 1 saturated heterocycles. The van der Waals surface area contributed by atoms with Gasteiger partial charge in [0.05, 0.1) is 10.5 Å². The summed E-state index contributed by atoms with van der Waals surface area (Å²) in [5, 5.41) is 11.5. The maximum atomic E-state index is 12.6. The van der Waals surface area contributed by atoms with Crippen LogP contribution in [0.1, 0.15) is 35.7 Å². The molecular formula is C22H25N3O5. The number of carbonyl (C=O) groups excluding carboxylic acids is 2. The number of nitrogens with zero attached hydrogens (tertiary/aromatic N) is 3. The third kappa shape index (κ3) is 4.94. The van der Waals surface area contributed by atoms with Crippen molar-refractivity contribution in [3.05, 3.63) is 69.8 Å². The average molecular weight is 411 g/mol. The molecule has 8 nitrogen and oxygen atoms in total. The van der Waals surface area contributed by atoms with E-state index in [4.69, 9.17) is 4.74 Å². The van der Waals surface area contributed by atoms with Crippen molar-refractivity contribution in [1.82, 2.24) is 4.90 Å². The van der Waals surface area contributed by atoms with E-state index in [0.29, 0.717) is 12.2 Å². The van der Waals surface area contributed by atoms with Crippen molar-refractivity contribution in [2.24, 2.45) is 0 Å². The van der Waals surface area contributed by atoms with Crippen LogP contribution in [-0.4, -0.2) is 47.9 Å². The smallest absolute Gasteiger partial charge is 0.339 e. The minimum absolute atomic E-state index is 0.0509. The topological polar surface area (TPSA) is 93.0 Å². The lowest BCUT2D eigenvalue weighted by atomic mass is 10.1. The van der Waals surface area contributed by atoms with Gasteiger partial charge in [-0.05, 0) is 37.5 Å². The van der Waals surface area contributed by atoms with Crippen LogP contribution in [-0.2, 0) is 16.1 Å². The Morgan fingerprint density at radius 3 is 2.47 bits per heavy atom. The van der Waals surface area contributed by atoms with Gasteiger partial charge in [-0.1, -0.05) is 30.3 Å². The normalized spacial score (nSPS) is 14.3. The van der Waals surface area contributed by atoms with Gasteiger partial charge in [0.1, 0.15) is 5.69 Å². The number of benzene rings is 2. The standard InChI is InChI=1S/C22H25N3O5/c1-16(21(26)23(2)15-17-8-4-3-5-9-17)30-22(27)18-10-11-19(20(14-18)25(28)29)24-12-6-7-13-24/h3-5,8-11,14,16H,6-7,12-13,15H2,1-2H3. The lowest BCUT2D eigenvalue weighted by Crippen LogP contribution is -2.37. The Hall–Kier alpha value is -3.42. The molecule has 1 aliphatic rings. The molecule has 0 bridgehead atoms. The molecule has 0 aliphatic carbocycles. The fraction of sp³-hybridized carbons (Fsp3) is 0.364. The molecule has 3 rings (SSSR count). The van der Waals surface area contributed by atoms with Crippen LogP contribution in [0.5, 0.6) is 0 Å². The zero-order chi connectivity index (χ0) is 21.7.